The van der Waals surface area contributed by atoms with Gasteiger partial charge in [0.1, 0.15) is 11.9 Å². The quantitative estimate of drug-likeness (QED) is 0.638. The summed E-state index contributed by atoms with van der Waals surface area (Å²) in [4.78, 5) is 25.5. The number of rotatable bonds is 4. The number of carbonyl (C=O) groups is 1. The van der Waals surface area contributed by atoms with E-state index in [-0.39, 0.29) is 29.5 Å². The summed E-state index contributed by atoms with van der Waals surface area (Å²) in [6, 6.07) is 11.6. The van der Waals surface area contributed by atoms with Gasteiger partial charge in [0.25, 0.3) is 5.56 Å². The minimum Gasteiger partial charge on any atom is -0.339 e. The normalized spacial score (nSPS) is 23.2. The first-order chi connectivity index (χ1) is 15.0. The predicted molar refractivity (Wildman–Crippen MR) is 116 cm³/mol. The zero-order valence-electron chi connectivity index (χ0n) is 17.2. The van der Waals surface area contributed by atoms with E-state index in [2.05, 4.69) is 16.7 Å². The van der Waals surface area contributed by atoms with Crippen LogP contribution in [0.5, 0.6) is 0 Å². The summed E-state index contributed by atoms with van der Waals surface area (Å²) < 4.78 is 16.5. The molecular formula is C24H23FN4O2. The Morgan fingerprint density at radius 1 is 1.29 bits per heavy atom. The summed E-state index contributed by atoms with van der Waals surface area (Å²) in [5.41, 5.74) is 0.749. The van der Waals surface area contributed by atoms with Gasteiger partial charge in [-0.3, -0.25) is 9.59 Å². The van der Waals surface area contributed by atoms with Crippen molar-refractivity contribution in [3.8, 4) is 6.07 Å². The van der Waals surface area contributed by atoms with Gasteiger partial charge in [0.2, 0.25) is 5.91 Å². The fraction of sp³-hybridized carbons (Fsp3) is 0.375. The van der Waals surface area contributed by atoms with Gasteiger partial charge in [-0.05, 0) is 54.3 Å². The molecule has 5 rings (SSSR count). The molecule has 3 aromatic rings. The van der Waals surface area contributed by atoms with E-state index >= 15 is 0 Å². The SMILES string of the molecule is Cn1c(=O)c2cc(C[C@@H](C#N)NC(=O)[C@H]3N[C@@H]4CC[C@H]3C4)c(F)cc2c2ccccc21. The average Bonchev–Trinajstić information content (AvgIpc) is 3.41. The maximum atomic E-state index is 15.0. The molecule has 2 fully saturated rings. The standard InChI is InChI=1S/C24H23FN4O2/c1-29-21-5-3-2-4-17(21)18-11-20(25)14(10-19(18)24(29)31)9-16(12-26)28-23(30)22-13-6-7-15(8-13)27-22/h2-5,10-11,13,15-16,22,27H,6-9H2,1H3,(H,28,30)/t13-,15+,16-,22-/m0/s1. The lowest BCUT2D eigenvalue weighted by atomic mass is 9.97. The molecule has 7 heteroatoms. The second-order valence-electron chi connectivity index (χ2n) is 8.68. The Labute approximate surface area is 178 Å². The molecular weight excluding hydrogens is 395 g/mol. The molecule has 6 nitrogen and oxygen atoms in total. The molecule has 1 aromatic heterocycles. The van der Waals surface area contributed by atoms with Crippen LogP contribution in [0.4, 0.5) is 4.39 Å². The van der Waals surface area contributed by atoms with Gasteiger partial charge in [0.15, 0.2) is 0 Å². The van der Waals surface area contributed by atoms with E-state index < -0.39 is 11.9 Å². The van der Waals surface area contributed by atoms with Crippen LogP contribution in [0.1, 0.15) is 24.8 Å². The summed E-state index contributed by atoms with van der Waals surface area (Å²) in [7, 11) is 1.69. The van der Waals surface area contributed by atoms with Crippen molar-refractivity contribution in [1.82, 2.24) is 15.2 Å². The highest BCUT2D eigenvalue weighted by molar-refractivity contribution is 6.05. The number of aromatic nitrogens is 1. The number of hydrogen-bond donors (Lipinski definition) is 2. The maximum Gasteiger partial charge on any atom is 0.258 e. The van der Waals surface area contributed by atoms with Crippen LogP contribution in [0.15, 0.2) is 41.2 Å². The minimum atomic E-state index is -0.871. The van der Waals surface area contributed by atoms with Gasteiger partial charge < -0.3 is 15.2 Å². The van der Waals surface area contributed by atoms with Gasteiger partial charge >= 0.3 is 0 Å². The molecule has 2 bridgehead atoms. The van der Waals surface area contributed by atoms with Gasteiger partial charge in [-0.1, -0.05) is 18.2 Å². The number of fused-ring (bicyclic) bond motifs is 5. The molecule has 4 atom stereocenters. The first kappa shape index (κ1) is 19.7. The smallest absolute Gasteiger partial charge is 0.258 e. The Morgan fingerprint density at radius 2 is 2.10 bits per heavy atom. The van der Waals surface area contributed by atoms with E-state index in [1.54, 1.807) is 11.6 Å². The van der Waals surface area contributed by atoms with Crippen molar-refractivity contribution >= 4 is 27.6 Å². The van der Waals surface area contributed by atoms with Crippen LogP contribution in [0.25, 0.3) is 21.7 Å². The number of nitrogens with zero attached hydrogens (tertiary/aromatic N) is 2. The van der Waals surface area contributed by atoms with E-state index in [0.29, 0.717) is 22.7 Å². The Bertz CT molecular complexity index is 1310. The topological polar surface area (TPSA) is 86.9 Å². The number of amides is 1. The molecule has 2 aromatic carbocycles. The number of aryl methyl sites for hydroxylation is 1. The van der Waals surface area contributed by atoms with Crippen LogP contribution in [0.2, 0.25) is 0 Å². The monoisotopic (exact) mass is 418 g/mol. The van der Waals surface area contributed by atoms with Gasteiger partial charge in [-0.25, -0.2) is 4.39 Å². The van der Waals surface area contributed by atoms with Crippen molar-refractivity contribution < 1.29 is 9.18 Å². The molecule has 158 valence electrons. The molecule has 0 radical (unpaired) electrons. The predicted octanol–water partition coefficient (Wildman–Crippen LogP) is 2.52. The Hall–Kier alpha value is -3.24. The minimum absolute atomic E-state index is 0.000803. The molecule has 2 N–H and O–H groups in total. The highest BCUT2D eigenvalue weighted by Gasteiger charge is 2.43. The van der Waals surface area contributed by atoms with Gasteiger partial charge in [0, 0.05) is 30.3 Å². The van der Waals surface area contributed by atoms with E-state index in [4.69, 9.17) is 0 Å². The Morgan fingerprint density at radius 3 is 2.81 bits per heavy atom. The number of piperidine rings is 1. The van der Waals surface area contributed by atoms with Crippen LogP contribution in [0, 0.1) is 23.1 Å². The molecule has 0 unspecified atom stereocenters. The van der Waals surface area contributed by atoms with Crippen LogP contribution in [0.3, 0.4) is 0 Å². The molecule has 31 heavy (non-hydrogen) atoms. The summed E-state index contributed by atoms with van der Waals surface area (Å²) in [6.07, 6.45) is 3.10. The number of halogens is 1. The number of benzene rings is 2. The van der Waals surface area contributed by atoms with E-state index in [1.165, 1.54) is 12.1 Å². The van der Waals surface area contributed by atoms with Crippen LogP contribution in [-0.2, 0) is 18.3 Å². The highest BCUT2D eigenvalue weighted by atomic mass is 19.1. The molecule has 1 aliphatic heterocycles. The zero-order chi connectivity index (χ0) is 21.7. The number of nitrogens with one attached hydrogen (secondary N) is 2. The lowest BCUT2D eigenvalue weighted by molar-refractivity contribution is -0.124. The zero-order valence-corrected chi connectivity index (χ0v) is 17.2. The molecule has 1 aliphatic carbocycles. The molecule has 1 saturated heterocycles. The van der Waals surface area contributed by atoms with Crippen LogP contribution < -0.4 is 16.2 Å². The Kier molecular flexibility index (Phi) is 4.75. The molecule has 2 aliphatic rings. The van der Waals surface area contributed by atoms with E-state index in [1.807, 2.05) is 24.3 Å². The lowest BCUT2D eigenvalue weighted by Gasteiger charge is -2.23. The number of carbonyl (C=O) groups excluding carboxylic acids is 1. The largest absolute Gasteiger partial charge is 0.339 e. The summed E-state index contributed by atoms with van der Waals surface area (Å²) in [6.45, 7) is 0. The van der Waals surface area contributed by atoms with Crippen molar-refractivity contribution in [3.05, 3.63) is 58.1 Å². The maximum absolute atomic E-state index is 15.0. The van der Waals surface area contributed by atoms with Crippen molar-refractivity contribution in [2.45, 2.75) is 43.8 Å². The first-order valence-corrected chi connectivity index (χ1v) is 10.6. The third-order valence-electron chi connectivity index (χ3n) is 6.82. The third-order valence-corrected chi connectivity index (χ3v) is 6.82. The lowest BCUT2D eigenvalue weighted by Crippen LogP contribution is -2.50. The number of para-hydroxylation sites is 1. The fourth-order valence-electron chi connectivity index (χ4n) is 5.22. The number of hydrogen-bond acceptors (Lipinski definition) is 4. The summed E-state index contributed by atoms with van der Waals surface area (Å²) in [5.74, 6) is -0.390. The molecule has 2 heterocycles. The van der Waals surface area contributed by atoms with Crippen molar-refractivity contribution in [2.24, 2.45) is 13.0 Å². The second-order valence-corrected chi connectivity index (χ2v) is 8.68. The molecule has 1 saturated carbocycles. The van der Waals surface area contributed by atoms with Gasteiger partial charge in [0.05, 0.1) is 17.6 Å². The van der Waals surface area contributed by atoms with Gasteiger partial charge in [-0.15, -0.1) is 0 Å². The fourth-order valence-corrected chi connectivity index (χ4v) is 5.22. The summed E-state index contributed by atoms with van der Waals surface area (Å²) in [5, 5.41) is 17.4. The van der Waals surface area contributed by atoms with E-state index in [9.17, 15) is 19.2 Å². The summed E-state index contributed by atoms with van der Waals surface area (Å²) >= 11 is 0. The Balaban J connectivity index is 1.45. The van der Waals surface area contributed by atoms with Crippen molar-refractivity contribution in [1.29, 1.82) is 5.26 Å². The van der Waals surface area contributed by atoms with E-state index in [0.717, 1.165) is 30.2 Å². The van der Waals surface area contributed by atoms with Crippen LogP contribution >= 0.6 is 0 Å². The average molecular weight is 418 g/mol. The van der Waals surface area contributed by atoms with Crippen molar-refractivity contribution in [3.63, 3.8) is 0 Å². The molecule has 1 amide bonds. The number of nitriles is 1. The first-order valence-electron chi connectivity index (χ1n) is 10.6. The number of pyridine rings is 1. The van der Waals surface area contributed by atoms with Crippen LogP contribution in [-0.4, -0.2) is 28.6 Å². The third kappa shape index (κ3) is 3.28. The highest BCUT2D eigenvalue weighted by Crippen LogP contribution is 2.35. The molecule has 0 spiro atoms. The second kappa shape index (κ2) is 7.47. The van der Waals surface area contributed by atoms with Crippen molar-refractivity contribution in [2.75, 3.05) is 0 Å². The van der Waals surface area contributed by atoms with Gasteiger partial charge in [-0.2, -0.15) is 5.26 Å².